The molecule has 264 valence electrons. The van der Waals surface area contributed by atoms with Crippen molar-refractivity contribution in [2.24, 2.45) is 0 Å². The zero-order chi connectivity index (χ0) is 35.3. The molecule has 2 heterocycles. The fourth-order valence-corrected chi connectivity index (χ4v) is 6.84. The lowest BCUT2D eigenvalue weighted by Crippen LogP contribution is -2.28. The Hall–Kier alpha value is -4.40. The van der Waals surface area contributed by atoms with Gasteiger partial charge in [0.05, 0.1) is 56.1 Å². The second kappa shape index (κ2) is 18.4. The molecule has 0 saturated heterocycles. The van der Waals surface area contributed by atoms with E-state index in [1.807, 2.05) is 24.3 Å². The molecule has 0 aliphatic rings. The van der Waals surface area contributed by atoms with E-state index in [4.69, 9.17) is 33.2 Å². The second-order valence-corrected chi connectivity index (χ2v) is 12.9. The first-order valence-electron chi connectivity index (χ1n) is 15.8. The Balaban J connectivity index is 1.37. The van der Waals surface area contributed by atoms with Crippen LogP contribution in [0, 0.1) is 0 Å². The van der Waals surface area contributed by atoms with Crippen molar-refractivity contribution in [1.29, 1.82) is 0 Å². The third-order valence-corrected chi connectivity index (χ3v) is 9.40. The number of ether oxygens (including phenoxy) is 7. The number of esters is 2. The highest BCUT2D eigenvalue weighted by Gasteiger charge is 2.19. The first kappa shape index (κ1) is 37.4. The Kier molecular flexibility index (Phi) is 14.0. The van der Waals surface area contributed by atoms with Gasteiger partial charge in [0.1, 0.15) is 0 Å². The predicted octanol–water partition coefficient (Wildman–Crippen LogP) is 6.51. The van der Waals surface area contributed by atoms with Crippen molar-refractivity contribution in [3.05, 3.63) is 46.2 Å². The van der Waals surface area contributed by atoms with E-state index >= 15 is 0 Å². The first-order chi connectivity index (χ1) is 23.7. The highest BCUT2D eigenvalue weighted by atomic mass is 32.1. The van der Waals surface area contributed by atoms with Crippen LogP contribution in [-0.4, -0.2) is 89.6 Å². The normalized spacial score (nSPS) is 11.0. The number of fused-ring (bicyclic) bond motifs is 2. The molecule has 1 amide bonds. The molecular weight excluding hydrogens is 675 g/mol. The topological polar surface area (TPSA) is 136 Å². The fraction of sp³-hybridized carbons (Fsp3) is 0.429. The van der Waals surface area contributed by atoms with Crippen LogP contribution >= 0.6 is 22.7 Å². The van der Waals surface area contributed by atoms with Crippen LogP contribution in [0.1, 0.15) is 58.9 Å². The molecule has 0 unspecified atom stereocenters. The molecule has 0 aliphatic carbocycles. The summed E-state index contributed by atoms with van der Waals surface area (Å²) in [7, 11) is 4.74. The summed E-state index contributed by atoms with van der Waals surface area (Å²) in [6, 6.07) is 10.9. The number of methoxy groups -OCH3 is 2. The number of carbonyl (C=O) groups excluding carboxylic acids is 4. The van der Waals surface area contributed by atoms with Crippen molar-refractivity contribution in [2.75, 3.05) is 61.0 Å². The number of rotatable bonds is 20. The average molecular weight is 716 g/mol. The van der Waals surface area contributed by atoms with Crippen molar-refractivity contribution < 1.29 is 52.3 Å². The minimum absolute atomic E-state index is 0.0176. The van der Waals surface area contributed by atoms with Crippen LogP contribution in [0.3, 0.4) is 0 Å². The van der Waals surface area contributed by atoms with Crippen LogP contribution in [0.5, 0.6) is 23.0 Å². The van der Waals surface area contributed by atoms with Gasteiger partial charge in [-0.15, -0.1) is 22.7 Å². The SMILES string of the molecule is CCOC(=O)CCC(=O)c1cc2cc(OCCCOc3cc4cc(C(=O)N(C)CCC(=O)OCC)sc4cc3OC)c(OCOC)cc2s1. The van der Waals surface area contributed by atoms with E-state index in [1.165, 1.54) is 34.7 Å². The van der Waals surface area contributed by atoms with E-state index in [-0.39, 0.29) is 56.9 Å². The Morgan fingerprint density at radius 3 is 1.84 bits per heavy atom. The van der Waals surface area contributed by atoms with Gasteiger partial charge in [-0.05, 0) is 48.9 Å². The van der Waals surface area contributed by atoms with Gasteiger partial charge in [-0.25, -0.2) is 0 Å². The summed E-state index contributed by atoms with van der Waals surface area (Å²) in [6.07, 6.45) is 0.761. The van der Waals surface area contributed by atoms with Gasteiger partial charge in [-0.3, -0.25) is 19.2 Å². The van der Waals surface area contributed by atoms with Gasteiger partial charge in [0.25, 0.3) is 5.91 Å². The Morgan fingerprint density at radius 1 is 0.673 bits per heavy atom. The minimum atomic E-state index is -0.396. The molecule has 4 rings (SSSR count). The maximum Gasteiger partial charge on any atom is 0.307 e. The van der Waals surface area contributed by atoms with Gasteiger partial charge in [0.15, 0.2) is 35.6 Å². The first-order valence-corrected chi connectivity index (χ1v) is 17.5. The van der Waals surface area contributed by atoms with Gasteiger partial charge >= 0.3 is 11.9 Å². The van der Waals surface area contributed by atoms with Crippen LogP contribution in [0.15, 0.2) is 36.4 Å². The van der Waals surface area contributed by atoms with E-state index in [0.29, 0.717) is 59.0 Å². The maximum atomic E-state index is 13.0. The number of hydrogen-bond donors (Lipinski definition) is 0. The van der Waals surface area contributed by atoms with Crippen LogP contribution in [0.4, 0.5) is 0 Å². The summed E-state index contributed by atoms with van der Waals surface area (Å²) >= 11 is 2.66. The number of ketones is 1. The number of benzene rings is 2. The number of thiophene rings is 2. The number of Topliss-reactive ketones (excluding diaryl/α,β-unsaturated/α-hetero) is 1. The summed E-state index contributed by atoms with van der Waals surface area (Å²) in [5, 5.41) is 1.65. The summed E-state index contributed by atoms with van der Waals surface area (Å²) in [6.45, 7) is 4.95. The molecule has 14 heteroatoms. The van der Waals surface area contributed by atoms with Crippen LogP contribution in [0.2, 0.25) is 0 Å². The molecular formula is C35H41NO11S2. The molecule has 0 N–H and O–H groups in total. The minimum Gasteiger partial charge on any atom is -0.493 e. The third-order valence-electron chi connectivity index (χ3n) is 7.17. The number of nitrogens with zero attached hydrogens (tertiary/aromatic N) is 1. The Morgan fingerprint density at radius 2 is 1.22 bits per heavy atom. The molecule has 2 aromatic carbocycles. The largest absolute Gasteiger partial charge is 0.493 e. The lowest BCUT2D eigenvalue weighted by molar-refractivity contribution is -0.144. The van der Waals surface area contributed by atoms with E-state index in [1.54, 1.807) is 40.1 Å². The highest BCUT2D eigenvalue weighted by Crippen LogP contribution is 2.39. The van der Waals surface area contributed by atoms with Gasteiger partial charge < -0.3 is 38.1 Å². The van der Waals surface area contributed by atoms with Crippen LogP contribution in [0.25, 0.3) is 20.2 Å². The summed E-state index contributed by atoms with van der Waals surface area (Å²) < 4.78 is 40.1. The zero-order valence-electron chi connectivity index (χ0n) is 28.3. The van der Waals surface area contributed by atoms with E-state index in [0.717, 1.165) is 20.2 Å². The van der Waals surface area contributed by atoms with Crippen molar-refractivity contribution in [3.63, 3.8) is 0 Å². The van der Waals surface area contributed by atoms with Crippen molar-refractivity contribution in [1.82, 2.24) is 4.90 Å². The van der Waals surface area contributed by atoms with Gasteiger partial charge in [-0.1, -0.05) is 0 Å². The maximum absolute atomic E-state index is 13.0. The van der Waals surface area contributed by atoms with E-state index in [9.17, 15) is 19.2 Å². The number of amides is 1. The van der Waals surface area contributed by atoms with Gasteiger partial charge in [0, 0.05) is 55.1 Å². The predicted molar refractivity (Wildman–Crippen MR) is 187 cm³/mol. The number of hydrogen-bond acceptors (Lipinski definition) is 13. The molecule has 0 saturated carbocycles. The second-order valence-electron chi connectivity index (χ2n) is 10.7. The lowest BCUT2D eigenvalue weighted by Gasteiger charge is -2.15. The molecule has 0 spiro atoms. The molecule has 49 heavy (non-hydrogen) atoms. The fourth-order valence-electron chi connectivity index (χ4n) is 4.73. The average Bonchev–Trinajstić information content (AvgIpc) is 3.71. The quantitative estimate of drug-likeness (QED) is 0.0429. The smallest absolute Gasteiger partial charge is 0.307 e. The lowest BCUT2D eigenvalue weighted by atomic mass is 10.1. The van der Waals surface area contributed by atoms with E-state index in [2.05, 4.69) is 0 Å². The summed E-state index contributed by atoms with van der Waals surface area (Å²) in [5.74, 6) is 0.986. The van der Waals surface area contributed by atoms with Crippen molar-refractivity contribution in [2.45, 2.75) is 39.5 Å². The Bertz CT molecular complexity index is 1760. The van der Waals surface area contributed by atoms with Gasteiger partial charge in [0.2, 0.25) is 0 Å². The molecule has 0 radical (unpaired) electrons. The number of carbonyl (C=O) groups is 4. The van der Waals surface area contributed by atoms with Crippen LogP contribution in [-0.2, 0) is 23.8 Å². The molecule has 0 aliphatic heterocycles. The van der Waals surface area contributed by atoms with Crippen LogP contribution < -0.4 is 18.9 Å². The van der Waals surface area contributed by atoms with Gasteiger partial charge in [-0.2, -0.15) is 0 Å². The molecule has 0 fully saturated rings. The Labute approximate surface area is 292 Å². The molecule has 0 atom stereocenters. The van der Waals surface area contributed by atoms with Crippen molar-refractivity contribution >= 4 is 66.5 Å². The van der Waals surface area contributed by atoms with Crippen molar-refractivity contribution in [3.8, 4) is 23.0 Å². The standard InChI is InChI=1S/C35H41NO11S2/c1-6-43-33(38)10-9-24(37)31-17-22-16-27(28(47-21-41-4)20-30(22)48-31)46-14-8-13-45-26-15-23-18-32(49-29(23)19-25(26)42-5)35(40)36(3)12-11-34(39)44-7-2/h15-20H,6-14,21H2,1-5H3. The third kappa shape index (κ3) is 10.3. The zero-order valence-corrected chi connectivity index (χ0v) is 29.9. The van der Waals surface area contributed by atoms with E-state index < -0.39 is 5.97 Å². The molecule has 2 aromatic heterocycles. The summed E-state index contributed by atoms with van der Waals surface area (Å²) in [5.41, 5.74) is 0. The molecule has 4 aromatic rings. The molecule has 0 bridgehead atoms. The summed E-state index contributed by atoms with van der Waals surface area (Å²) in [4.78, 5) is 51.7. The highest BCUT2D eigenvalue weighted by molar-refractivity contribution is 7.21. The molecule has 12 nitrogen and oxygen atoms in total. The monoisotopic (exact) mass is 715 g/mol.